The fraction of sp³-hybridized carbons (Fsp3) is 0.556. The molecule has 2 amide bonds. The highest BCUT2D eigenvalue weighted by Crippen LogP contribution is 2.29. The number of carbonyl (C=O) groups is 2. The van der Waals surface area contributed by atoms with E-state index >= 15 is 0 Å². The van der Waals surface area contributed by atoms with E-state index in [9.17, 15) is 14.0 Å². The molecule has 130 valence electrons. The minimum absolute atomic E-state index is 0.0483. The van der Waals surface area contributed by atoms with E-state index in [0.717, 1.165) is 32.1 Å². The first-order valence-electron chi connectivity index (χ1n) is 8.59. The number of benzene rings is 1. The molecule has 0 radical (unpaired) electrons. The predicted molar refractivity (Wildman–Crippen MR) is 87.0 cm³/mol. The number of amides is 2. The SMILES string of the molecule is O=C(COc1ccccc1F)NC1CCN(C(=O)C2CCC2)CC1. The van der Waals surface area contributed by atoms with Crippen LogP contribution in [0.1, 0.15) is 32.1 Å². The molecule has 2 fully saturated rings. The molecule has 1 aliphatic heterocycles. The Hall–Kier alpha value is -2.11. The van der Waals surface area contributed by atoms with Gasteiger partial charge in [0.25, 0.3) is 5.91 Å². The highest BCUT2D eigenvalue weighted by Gasteiger charge is 2.31. The molecule has 1 saturated heterocycles. The van der Waals surface area contributed by atoms with Crippen molar-refractivity contribution in [3.63, 3.8) is 0 Å². The maximum atomic E-state index is 13.4. The second-order valence-corrected chi connectivity index (χ2v) is 6.51. The van der Waals surface area contributed by atoms with Crippen molar-refractivity contribution in [3.8, 4) is 5.75 Å². The van der Waals surface area contributed by atoms with E-state index in [1.807, 2.05) is 4.90 Å². The van der Waals surface area contributed by atoms with Gasteiger partial charge >= 0.3 is 0 Å². The Kier molecular flexibility index (Phi) is 5.33. The number of ether oxygens (including phenoxy) is 1. The van der Waals surface area contributed by atoms with Crippen molar-refractivity contribution in [1.82, 2.24) is 10.2 Å². The van der Waals surface area contributed by atoms with Crippen molar-refractivity contribution in [3.05, 3.63) is 30.1 Å². The third-order valence-corrected chi connectivity index (χ3v) is 4.82. The van der Waals surface area contributed by atoms with Crippen molar-refractivity contribution in [2.45, 2.75) is 38.1 Å². The molecule has 2 aliphatic rings. The number of rotatable bonds is 5. The van der Waals surface area contributed by atoms with Crippen molar-refractivity contribution >= 4 is 11.8 Å². The van der Waals surface area contributed by atoms with Crippen LogP contribution in [0, 0.1) is 11.7 Å². The molecule has 1 aliphatic carbocycles. The quantitative estimate of drug-likeness (QED) is 0.897. The normalized spacial score (nSPS) is 18.8. The molecule has 5 nitrogen and oxygen atoms in total. The van der Waals surface area contributed by atoms with Crippen molar-refractivity contribution in [2.24, 2.45) is 5.92 Å². The highest BCUT2D eigenvalue weighted by atomic mass is 19.1. The van der Waals surface area contributed by atoms with Crippen LogP contribution in [0.3, 0.4) is 0 Å². The molecule has 1 aromatic rings. The van der Waals surface area contributed by atoms with E-state index in [0.29, 0.717) is 13.1 Å². The summed E-state index contributed by atoms with van der Waals surface area (Å²) < 4.78 is 18.6. The number of para-hydroxylation sites is 1. The number of hydrogen-bond donors (Lipinski definition) is 1. The van der Waals surface area contributed by atoms with Gasteiger partial charge in [0, 0.05) is 25.0 Å². The molecular formula is C18H23FN2O3. The summed E-state index contributed by atoms with van der Waals surface area (Å²) in [5.74, 6) is -0.164. The number of likely N-dealkylation sites (tertiary alicyclic amines) is 1. The summed E-state index contributed by atoms with van der Waals surface area (Å²) in [6, 6.07) is 6.06. The maximum Gasteiger partial charge on any atom is 0.258 e. The molecule has 0 bridgehead atoms. The first-order valence-corrected chi connectivity index (χ1v) is 8.59. The first-order chi connectivity index (χ1) is 11.6. The van der Waals surface area contributed by atoms with Gasteiger partial charge in [-0.05, 0) is 37.8 Å². The molecule has 0 spiro atoms. The molecule has 0 atom stereocenters. The summed E-state index contributed by atoms with van der Waals surface area (Å²) in [5, 5.41) is 2.90. The van der Waals surface area contributed by atoms with E-state index in [2.05, 4.69) is 5.32 Å². The first kappa shape index (κ1) is 16.7. The lowest BCUT2D eigenvalue weighted by Crippen LogP contribution is -2.49. The van der Waals surface area contributed by atoms with Gasteiger partial charge in [0.2, 0.25) is 5.91 Å². The molecule has 0 aromatic heterocycles. The Morgan fingerprint density at radius 1 is 1.17 bits per heavy atom. The number of nitrogens with one attached hydrogen (secondary N) is 1. The highest BCUT2D eigenvalue weighted by molar-refractivity contribution is 5.80. The van der Waals surface area contributed by atoms with Crippen molar-refractivity contribution in [2.75, 3.05) is 19.7 Å². The topological polar surface area (TPSA) is 58.6 Å². The van der Waals surface area contributed by atoms with E-state index < -0.39 is 5.82 Å². The lowest BCUT2D eigenvalue weighted by Gasteiger charge is -2.36. The fourth-order valence-electron chi connectivity index (χ4n) is 3.13. The Labute approximate surface area is 141 Å². The Morgan fingerprint density at radius 2 is 1.88 bits per heavy atom. The van der Waals surface area contributed by atoms with Crippen LogP contribution in [0.4, 0.5) is 4.39 Å². The van der Waals surface area contributed by atoms with Crippen LogP contribution in [0.25, 0.3) is 0 Å². The van der Waals surface area contributed by atoms with Gasteiger partial charge in [-0.15, -0.1) is 0 Å². The lowest BCUT2D eigenvalue weighted by molar-refractivity contribution is -0.139. The van der Waals surface area contributed by atoms with Gasteiger partial charge < -0.3 is 15.0 Å². The summed E-state index contributed by atoms with van der Waals surface area (Å²) >= 11 is 0. The number of piperidine rings is 1. The van der Waals surface area contributed by atoms with Gasteiger partial charge in [0.05, 0.1) is 0 Å². The standard InChI is InChI=1S/C18H23FN2O3/c19-15-6-1-2-7-16(15)24-12-17(22)20-14-8-10-21(11-9-14)18(23)13-4-3-5-13/h1-2,6-7,13-14H,3-5,8-12H2,(H,20,22). The molecule has 6 heteroatoms. The molecule has 1 heterocycles. The van der Waals surface area contributed by atoms with Crippen LogP contribution in [0.2, 0.25) is 0 Å². The van der Waals surface area contributed by atoms with Gasteiger partial charge in [-0.25, -0.2) is 4.39 Å². The predicted octanol–water partition coefficient (Wildman–Crippen LogP) is 2.11. The Balaban J connectivity index is 1.38. The van der Waals surface area contributed by atoms with E-state index in [4.69, 9.17) is 4.74 Å². The smallest absolute Gasteiger partial charge is 0.258 e. The monoisotopic (exact) mass is 334 g/mol. The summed E-state index contributed by atoms with van der Waals surface area (Å²) in [6.07, 6.45) is 4.70. The zero-order chi connectivity index (χ0) is 16.9. The van der Waals surface area contributed by atoms with E-state index in [-0.39, 0.29) is 36.1 Å². The molecule has 0 unspecified atom stereocenters. The zero-order valence-corrected chi connectivity index (χ0v) is 13.7. The van der Waals surface area contributed by atoms with Crippen molar-refractivity contribution in [1.29, 1.82) is 0 Å². The van der Waals surface area contributed by atoms with Gasteiger partial charge in [-0.1, -0.05) is 18.6 Å². The summed E-state index contributed by atoms with van der Waals surface area (Å²) in [6.45, 7) is 1.17. The number of halogens is 1. The second kappa shape index (κ2) is 7.64. The molecule has 3 rings (SSSR count). The average molecular weight is 334 g/mol. The summed E-state index contributed by atoms with van der Waals surface area (Å²) in [7, 11) is 0. The second-order valence-electron chi connectivity index (χ2n) is 6.51. The fourth-order valence-corrected chi connectivity index (χ4v) is 3.13. The van der Waals surface area contributed by atoms with Crippen LogP contribution >= 0.6 is 0 Å². The minimum Gasteiger partial charge on any atom is -0.481 e. The van der Waals surface area contributed by atoms with Crippen LogP contribution in [-0.2, 0) is 9.59 Å². The van der Waals surface area contributed by atoms with Crippen molar-refractivity contribution < 1.29 is 18.7 Å². The zero-order valence-electron chi connectivity index (χ0n) is 13.7. The summed E-state index contributed by atoms with van der Waals surface area (Å²) in [4.78, 5) is 26.0. The van der Waals surface area contributed by atoms with Gasteiger partial charge in [0.1, 0.15) is 0 Å². The molecule has 1 saturated carbocycles. The molecule has 24 heavy (non-hydrogen) atoms. The molecular weight excluding hydrogens is 311 g/mol. The van der Waals surface area contributed by atoms with Crippen LogP contribution in [-0.4, -0.2) is 42.5 Å². The van der Waals surface area contributed by atoms with Crippen LogP contribution in [0.15, 0.2) is 24.3 Å². The largest absolute Gasteiger partial charge is 0.481 e. The van der Waals surface area contributed by atoms with Gasteiger partial charge in [0.15, 0.2) is 18.2 Å². The van der Waals surface area contributed by atoms with E-state index in [1.165, 1.54) is 12.1 Å². The maximum absolute atomic E-state index is 13.4. The van der Waals surface area contributed by atoms with Crippen LogP contribution < -0.4 is 10.1 Å². The van der Waals surface area contributed by atoms with Crippen LogP contribution in [0.5, 0.6) is 5.75 Å². The summed E-state index contributed by atoms with van der Waals surface area (Å²) in [5.41, 5.74) is 0. The van der Waals surface area contributed by atoms with E-state index in [1.54, 1.807) is 12.1 Å². The third kappa shape index (κ3) is 4.04. The van der Waals surface area contributed by atoms with Gasteiger partial charge in [-0.3, -0.25) is 9.59 Å². The minimum atomic E-state index is -0.479. The average Bonchev–Trinajstić information content (AvgIpc) is 2.53. The molecule has 1 aromatic carbocycles. The van der Waals surface area contributed by atoms with Gasteiger partial charge in [-0.2, -0.15) is 0 Å². The Morgan fingerprint density at radius 3 is 2.50 bits per heavy atom. The lowest BCUT2D eigenvalue weighted by atomic mass is 9.84. The molecule has 1 N–H and O–H groups in total. The third-order valence-electron chi connectivity index (χ3n) is 4.82. The Bertz CT molecular complexity index is 596. The number of carbonyl (C=O) groups excluding carboxylic acids is 2. The number of nitrogens with zero attached hydrogens (tertiary/aromatic N) is 1. The number of hydrogen-bond acceptors (Lipinski definition) is 3.